The van der Waals surface area contributed by atoms with E-state index in [1.807, 2.05) is 13.0 Å². The molecule has 4 aliphatic carbocycles. The summed E-state index contributed by atoms with van der Waals surface area (Å²) in [6.07, 6.45) is 0.399. The number of aliphatic hydroxyl groups excluding tert-OH is 1. The number of aliphatic hydroxyl groups is 6. The molecule has 11 nitrogen and oxygen atoms in total. The third-order valence-corrected chi connectivity index (χ3v) is 14.7. The Morgan fingerprint density at radius 1 is 0.957 bits per heavy atom. The van der Waals surface area contributed by atoms with Crippen LogP contribution < -0.4 is 5.32 Å². The number of piperidine rings is 2. The van der Waals surface area contributed by atoms with Gasteiger partial charge in [-0.25, -0.2) is 4.79 Å². The molecule has 4 bridgehead atoms. The van der Waals surface area contributed by atoms with Gasteiger partial charge in [0.05, 0.1) is 17.3 Å². The first-order valence-electron chi connectivity index (χ1n) is 17.3. The zero-order chi connectivity index (χ0) is 32.9. The molecule has 14 atom stereocenters. The second-order valence-corrected chi connectivity index (χ2v) is 16.5. The number of nitrogens with zero attached hydrogens (tertiary/aromatic N) is 1. The third-order valence-electron chi connectivity index (χ3n) is 14.7. The van der Waals surface area contributed by atoms with Gasteiger partial charge in [0.2, 0.25) is 5.79 Å². The highest BCUT2D eigenvalue weighted by Crippen LogP contribution is 2.78. The van der Waals surface area contributed by atoms with Crippen LogP contribution in [0.2, 0.25) is 0 Å². The van der Waals surface area contributed by atoms with Gasteiger partial charge in [-0.15, -0.1) is 0 Å². The second-order valence-electron chi connectivity index (χ2n) is 16.5. The first-order valence-corrected chi connectivity index (χ1v) is 17.3. The van der Waals surface area contributed by atoms with Crippen molar-refractivity contribution in [1.29, 1.82) is 0 Å². The average Bonchev–Trinajstić information content (AvgIpc) is 3.18. The summed E-state index contributed by atoms with van der Waals surface area (Å²) in [6.45, 7) is 6.63. The van der Waals surface area contributed by atoms with E-state index in [1.165, 1.54) is 0 Å². The summed E-state index contributed by atoms with van der Waals surface area (Å²) in [5, 5.41) is 77.6. The monoisotopic (exact) mass is 642 g/mol. The van der Waals surface area contributed by atoms with Crippen LogP contribution in [0.1, 0.15) is 82.5 Å². The number of benzene rings is 1. The molecule has 7 fully saturated rings. The van der Waals surface area contributed by atoms with Crippen LogP contribution in [-0.2, 0) is 9.47 Å². The standard InChI is InChI=1S/C35H50N2O9/c1-19-9-12-25-30(3,40)34(43)24(17-37(25)16-19)32(42)18-33-23(31(32,41)15-26(34)38)11-10-22-29(33,2)14-13-27(35(22,44)46-33)45-28(39)20-7-5-6-8-21(20)36-4/h5-8,19,22-27,36,38,40-44H,9-18H2,1-4H3/t19-,22-,23-,24-,25-,26-,27-,29-,30+,31+,32+,33+,34-,35-/m0/s1. The zero-order valence-electron chi connectivity index (χ0n) is 27.3. The molecule has 0 unspecified atom stereocenters. The van der Waals surface area contributed by atoms with E-state index in [9.17, 15) is 35.4 Å². The summed E-state index contributed by atoms with van der Waals surface area (Å²) in [4.78, 5) is 15.6. The Morgan fingerprint density at radius 2 is 1.67 bits per heavy atom. The summed E-state index contributed by atoms with van der Waals surface area (Å²) in [5.41, 5.74) is -8.59. The maximum atomic E-state index is 13.5. The Balaban J connectivity index is 1.18. The Bertz CT molecular complexity index is 1460. The van der Waals surface area contributed by atoms with Crippen molar-refractivity contribution in [3.63, 3.8) is 0 Å². The van der Waals surface area contributed by atoms with Crippen molar-refractivity contribution in [2.24, 2.45) is 29.1 Å². The Labute approximate surface area is 269 Å². The van der Waals surface area contributed by atoms with Crippen molar-refractivity contribution in [3.8, 4) is 0 Å². The number of hydrogen-bond acceptors (Lipinski definition) is 11. The molecule has 8 rings (SSSR count). The molecule has 7 N–H and O–H groups in total. The second kappa shape index (κ2) is 9.44. The number of carbonyl (C=O) groups excluding carboxylic acids is 1. The maximum Gasteiger partial charge on any atom is 0.340 e. The van der Waals surface area contributed by atoms with E-state index in [0.717, 1.165) is 6.42 Å². The van der Waals surface area contributed by atoms with Gasteiger partial charge >= 0.3 is 5.97 Å². The topological polar surface area (TPSA) is 172 Å². The van der Waals surface area contributed by atoms with Gasteiger partial charge in [0, 0.05) is 67.9 Å². The number of nitrogens with one attached hydrogen (secondary N) is 1. The van der Waals surface area contributed by atoms with Gasteiger partial charge < -0.3 is 45.4 Å². The van der Waals surface area contributed by atoms with Crippen LogP contribution >= 0.6 is 0 Å². The van der Waals surface area contributed by atoms with Gasteiger partial charge in [-0.05, 0) is 63.5 Å². The predicted octanol–water partition coefficient (Wildman–Crippen LogP) is 1.38. The van der Waals surface area contributed by atoms with E-state index in [4.69, 9.17) is 9.47 Å². The molecule has 1 aromatic rings. The molecule has 4 saturated carbocycles. The number of hydrogen-bond donors (Lipinski definition) is 7. The lowest BCUT2D eigenvalue weighted by atomic mass is 9.49. The minimum atomic E-state index is -2.08. The number of anilines is 1. The Kier molecular flexibility index (Phi) is 6.45. The van der Waals surface area contributed by atoms with Crippen LogP contribution in [0, 0.1) is 29.1 Å². The van der Waals surface area contributed by atoms with Gasteiger partial charge in [-0.1, -0.05) is 26.0 Å². The molecule has 3 aliphatic heterocycles. The molecule has 3 heterocycles. The highest BCUT2D eigenvalue weighted by atomic mass is 16.7. The summed E-state index contributed by atoms with van der Waals surface area (Å²) in [5.74, 6) is -4.26. The Hall–Kier alpha value is -1.83. The minimum Gasteiger partial charge on any atom is -0.453 e. The predicted molar refractivity (Wildman–Crippen MR) is 165 cm³/mol. The SMILES string of the molecule is CNc1ccccc1C(=O)O[C@H]1CC[C@@]2(C)[C@@H]3CC[C@H]4[C@]5(O)C[C@H](O)[C@@]6(O)[C@@H](CN7C[C@@H](C)CC[C@H]7[C@@]6(C)O)[C@]5(O)C[C@@]42O[C@]13O. The van der Waals surface area contributed by atoms with Crippen molar-refractivity contribution < 1.29 is 44.9 Å². The van der Waals surface area contributed by atoms with Crippen LogP contribution in [0.25, 0.3) is 0 Å². The lowest BCUT2D eigenvalue weighted by Crippen LogP contribution is -2.85. The molecule has 11 heteroatoms. The molecule has 7 aliphatic rings. The number of esters is 1. The van der Waals surface area contributed by atoms with Crippen molar-refractivity contribution >= 4 is 11.7 Å². The molecule has 3 saturated heterocycles. The van der Waals surface area contributed by atoms with Crippen LogP contribution in [0.4, 0.5) is 5.69 Å². The summed E-state index contributed by atoms with van der Waals surface area (Å²) < 4.78 is 12.9. The third kappa shape index (κ3) is 3.39. The van der Waals surface area contributed by atoms with E-state index in [1.54, 1.807) is 32.2 Å². The fourth-order valence-electron chi connectivity index (χ4n) is 12.5. The van der Waals surface area contributed by atoms with Gasteiger partial charge in [0.25, 0.3) is 0 Å². The van der Waals surface area contributed by atoms with Gasteiger partial charge in [-0.2, -0.15) is 0 Å². The first kappa shape index (κ1) is 31.4. The summed E-state index contributed by atoms with van der Waals surface area (Å²) >= 11 is 0. The van der Waals surface area contributed by atoms with E-state index < -0.39 is 81.2 Å². The van der Waals surface area contributed by atoms with E-state index in [-0.39, 0.29) is 19.4 Å². The highest BCUT2D eigenvalue weighted by Gasteiger charge is 2.88. The van der Waals surface area contributed by atoms with Crippen molar-refractivity contribution in [2.75, 3.05) is 25.5 Å². The fourth-order valence-corrected chi connectivity index (χ4v) is 12.5. The quantitative estimate of drug-likeness (QED) is 0.238. The normalized spacial score (nSPS) is 55.5. The number of rotatable bonds is 3. The number of fused-ring (bicyclic) bond motifs is 5. The lowest BCUT2D eigenvalue weighted by Gasteiger charge is -2.68. The lowest BCUT2D eigenvalue weighted by molar-refractivity contribution is -0.354. The molecule has 0 amide bonds. The molecule has 1 spiro atoms. The van der Waals surface area contributed by atoms with Crippen LogP contribution in [0.15, 0.2) is 24.3 Å². The van der Waals surface area contributed by atoms with Crippen LogP contribution in [0.5, 0.6) is 0 Å². The van der Waals surface area contributed by atoms with Gasteiger partial charge in [0.15, 0.2) is 6.10 Å². The largest absolute Gasteiger partial charge is 0.453 e. The molecule has 0 radical (unpaired) electrons. The summed E-state index contributed by atoms with van der Waals surface area (Å²) in [7, 11) is 1.72. The molecular formula is C35H50N2O9. The van der Waals surface area contributed by atoms with Crippen molar-refractivity contribution in [1.82, 2.24) is 4.90 Å². The zero-order valence-corrected chi connectivity index (χ0v) is 27.3. The van der Waals surface area contributed by atoms with Gasteiger partial charge in [0.1, 0.15) is 22.4 Å². The van der Waals surface area contributed by atoms with E-state index >= 15 is 0 Å². The molecule has 254 valence electrons. The Morgan fingerprint density at radius 3 is 2.41 bits per heavy atom. The number of carbonyl (C=O) groups is 1. The molecular weight excluding hydrogens is 592 g/mol. The molecule has 46 heavy (non-hydrogen) atoms. The minimum absolute atomic E-state index is 0.0798. The van der Waals surface area contributed by atoms with E-state index in [0.29, 0.717) is 55.8 Å². The van der Waals surface area contributed by atoms with Gasteiger partial charge in [-0.3, -0.25) is 4.90 Å². The van der Waals surface area contributed by atoms with Crippen LogP contribution in [0.3, 0.4) is 0 Å². The van der Waals surface area contributed by atoms with Crippen LogP contribution in [-0.4, -0.2) is 114 Å². The average molecular weight is 643 g/mol. The van der Waals surface area contributed by atoms with Crippen molar-refractivity contribution in [3.05, 3.63) is 29.8 Å². The number of ether oxygens (including phenoxy) is 2. The highest BCUT2D eigenvalue weighted by molar-refractivity contribution is 5.95. The first-order chi connectivity index (χ1) is 21.5. The number of para-hydroxylation sites is 1. The smallest absolute Gasteiger partial charge is 0.340 e. The molecule has 1 aromatic carbocycles. The summed E-state index contributed by atoms with van der Waals surface area (Å²) in [6, 6.07) is 6.61. The maximum absolute atomic E-state index is 13.5. The fraction of sp³-hybridized carbons (Fsp3) is 0.800. The van der Waals surface area contributed by atoms with Crippen molar-refractivity contribution in [2.45, 2.75) is 124 Å². The molecule has 0 aromatic heterocycles. The van der Waals surface area contributed by atoms with E-state index in [2.05, 4.69) is 17.1 Å².